The van der Waals surface area contributed by atoms with Crippen molar-refractivity contribution in [1.82, 2.24) is 10.4 Å². The second-order valence-electron chi connectivity index (χ2n) is 4.27. The zero-order valence-corrected chi connectivity index (χ0v) is 12.3. The zero-order chi connectivity index (χ0) is 14.0. The first-order valence-corrected chi connectivity index (χ1v) is 6.57. The number of nitrogens with one attached hydrogen (secondary N) is 1. The number of allylic oxidation sites excluding steroid dienone is 1. The molecule has 1 aliphatic heterocycles. The van der Waals surface area contributed by atoms with Crippen LogP contribution in [0.25, 0.3) is 0 Å². The molecule has 0 bridgehead atoms. The Hall–Kier alpha value is -1.17. The van der Waals surface area contributed by atoms with Crippen molar-refractivity contribution in [3.8, 4) is 0 Å². The summed E-state index contributed by atoms with van der Waals surface area (Å²) in [7, 11) is 3.12. The Labute approximate surface area is 122 Å². The number of hydrogen-bond donors (Lipinski definition) is 2. The van der Waals surface area contributed by atoms with Gasteiger partial charge in [0.15, 0.2) is 4.33 Å². The number of nitrogens with zero attached hydrogens (tertiary/aromatic N) is 1. The van der Waals surface area contributed by atoms with Gasteiger partial charge in [0.25, 0.3) is 0 Å². The van der Waals surface area contributed by atoms with Crippen LogP contribution in [0, 0.1) is 0 Å². The lowest BCUT2D eigenvalue weighted by Gasteiger charge is -2.20. The lowest BCUT2D eigenvalue weighted by Crippen LogP contribution is -2.39. The molecule has 19 heavy (non-hydrogen) atoms. The van der Waals surface area contributed by atoms with E-state index in [1.807, 2.05) is 30.3 Å². The smallest absolute Gasteiger partial charge is 0.339 e. The van der Waals surface area contributed by atoms with Gasteiger partial charge in [0, 0.05) is 19.2 Å². The first-order chi connectivity index (χ1) is 8.95. The number of halogens is 1. The van der Waals surface area contributed by atoms with Gasteiger partial charge in [-0.15, -0.1) is 12.6 Å². The summed E-state index contributed by atoms with van der Waals surface area (Å²) in [6.07, 6.45) is 0.573. The van der Waals surface area contributed by atoms with Crippen LogP contribution in [0.15, 0.2) is 41.6 Å². The number of hydrogen-bond acceptors (Lipinski definition) is 5. The SMILES string of the molecule is COC(=O)C1=C(Cc2ccccc2)N(C)NC1(S)Cl. The Morgan fingerprint density at radius 1 is 1.47 bits per heavy atom. The van der Waals surface area contributed by atoms with Crippen molar-refractivity contribution in [2.24, 2.45) is 0 Å². The molecule has 0 aromatic heterocycles. The molecule has 1 atom stereocenters. The third-order valence-electron chi connectivity index (χ3n) is 2.94. The fraction of sp³-hybridized carbons (Fsp3) is 0.308. The minimum atomic E-state index is -1.24. The first-order valence-electron chi connectivity index (χ1n) is 5.74. The maximum Gasteiger partial charge on any atom is 0.339 e. The fourth-order valence-electron chi connectivity index (χ4n) is 2.06. The van der Waals surface area contributed by atoms with E-state index in [0.717, 1.165) is 11.3 Å². The Kier molecular flexibility index (Phi) is 4.08. The Balaban J connectivity index is 2.40. The lowest BCUT2D eigenvalue weighted by molar-refractivity contribution is -0.136. The highest BCUT2D eigenvalue weighted by Gasteiger charge is 2.43. The maximum atomic E-state index is 11.9. The van der Waals surface area contributed by atoms with Gasteiger partial charge in [-0.1, -0.05) is 41.9 Å². The topological polar surface area (TPSA) is 41.6 Å². The molecule has 0 spiro atoms. The summed E-state index contributed by atoms with van der Waals surface area (Å²) in [5.41, 5.74) is 5.07. The van der Waals surface area contributed by atoms with Crippen LogP contribution in [-0.4, -0.2) is 29.5 Å². The molecule has 0 saturated heterocycles. The van der Waals surface area contributed by atoms with Crippen LogP contribution in [0.1, 0.15) is 5.56 Å². The summed E-state index contributed by atoms with van der Waals surface area (Å²) in [6.45, 7) is 0. The van der Waals surface area contributed by atoms with E-state index in [-0.39, 0.29) is 0 Å². The lowest BCUT2D eigenvalue weighted by atomic mass is 10.1. The number of rotatable bonds is 3. The molecule has 0 amide bonds. The fourth-order valence-corrected chi connectivity index (χ4v) is 2.74. The molecule has 1 aromatic carbocycles. The second-order valence-corrected chi connectivity index (χ2v) is 5.77. The number of alkyl halides is 1. The third-order valence-corrected chi connectivity index (χ3v) is 3.54. The molecular weight excluding hydrogens is 284 g/mol. The number of hydrazine groups is 1. The number of carbonyl (C=O) groups is 1. The van der Waals surface area contributed by atoms with Crippen LogP contribution in [0.4, 0.5) is 0 Å². The number of benzene rings is 1. The van der Waals surface area contributed by atoms with E-state index in [4.69, 9.17) is 16.3 Å². The van der Waals surface area contributed by atoms with Crippen LogP contribution in [0.3, 0.4) is 0 Å². The number of carbonyl (C=O) groups excluding carboxylic acids is 1. The Bertz CT molecular complexity index is 517. The van der Waals surface area contributed by atoms with Crippen LogP contribution in [-0.2, 0) is 16.0 Å². The number of methoxy groups -OCH3 is 1. The van der Waals surface area contributed by atoms with Crippen molar-refractivity contribution >= 4 is 30.2 Å². The Morgan fingerprint density at radius 2 is 2.11 bits per heavy atom. The molecule has 1 aromatic rings. The molecule has 4 nitrogen and oxygen atoms in total. The summed E-state index contributed by atoms with van der Waals surface area (Å²) in [6, 6.07) is 9.82. The van der Waals surface area contributed by atoms with Gasteiger partial charge in [0.2, 0.25) is 0 Å². The molecule has 1 aliphatic rings. The number of ether oxygens (including phenoxy) is 1. The monoisotopic (exact) mass is 298 g/mol. The van der Waals surface area contributed by atoms with Gasteiger partial charge in [0.1, 0.15) is 5.57 Å². The van der Waals surface area contributed by atoms with Gasteiger partial charge in [0.05, 0.1) is 7.11 Å². The minimum Gasteiger partial charge on any atom is -0.465 e. The molecule has 0 radical (unpaired) electrons. The van der Waals surface area contributed by atoms with Gasteiger partial charge in [-0.25, -0.2) is 10.2 Å². The van der Waals surface area contributed by atoms with Crippen molar-refractivity contribution in [2.75, 3.05) is 14.2 Å². The van der Waals surface area contributed by atoms with E-state index in [0.29, 0.717) is 12.0 Å². The summed E-state index contributed by atoms with van der Waals surface area (Å²) < 4.78 is 3.55. The van der Waals surface area contributed by atoms with E-state index < -0.39 is 10.3 Å². The molecule has 0 fully saturated rings. The highest BCUT2D eigenvalue weighted by atomic mass is 35.5. The van der Waals surface area contributed by atoms with Crippen molar-refractivity contribution in [3.63, 3.8) is 0 Å². The predicted molar refractivity (Wildman–Crippen MR) is 77.7 cm³/mol. The van der Waals surface area contributed by atoms with Crippen LogP contribution in [0.5, 0.6) is 0 Å². The molecule has 102 valence electrons. The normalized spacial score (nSPS) is 22.8. The van der Waals surface area contributed by atoms with E-state index in [1.54, 1.807) is 12.1 Å². The van der Waals surface area contributed by atoms with E-state index in [2.05, 4.69) is 18.1 Å². The van der Waals surface area contributed by atoms with E-state index in [1.165, 1.54) is 7.11 Å². The minimum absolute atomic E-state index is 0.325. The van der Waals surface area contributed by atoms with Crippen molar-refractivity contribution in [2.45, 2.75) is 10.8 Å². The van der Waals surface area contributed by atoms with Crippen molar-refractivity contribution in [3.05, 3.63) is 47.2 Å². The van der Waals surface area contributed by atoms with Crippen LogP contribution < -0.4 is 5.43 Å². The van der Waals surface area contributed by atoms with Gasteiger partial charge < -0.3 is 9.75 Å². The Morgan fingerprint density at radius 3 is 2.68 bits per heavy atom. The van der Waals surface area contributed by atoms with Crippen molar-refractivity contribution < 1.29 is 9.53 Å². The summed E-state index contributed by atoms with van der Waals surface area (Å²) >= 11 is 10.5. The van der Waals surface area contributed by atoms with Gasteiger partial charge in [-0.05, 0) is 5.56 Å². The molecule has 1 unspecified atom stereocenters. The molecule has 1 heterocycles. The third kappa shape index (κ3) is 2.88. The standard InChI is InChI=1S/C13H15ClN2O2S/c1-16-10(8-9-6-4-3-5-7-9)11(12(17)18-2)13(14,19)15-16/h3-7,15,19H,8H2,1-2H3. The quantitative estimate of drug-likeness (QED) is 0.387. The van der Waals surface area contributed by atoms with Gasteiger partial charge in [-0.3, -0.25) is 0 Å². The molecule has 0 aliphatic carbocycles. The molecular formula is C13H15ClN2O2S. The highest BCUT2D eigenvalue weighted by Crippen LogP contribution is 2.37. The number of thiol groups is 1. The molecule has 0 saturated carbocycles. The highest BCUT2D eigenvalue weighted by molar-refractivity contribution is 7.83. The average molecular weight is 299 g/mol. The predicted octanol–water partition coefficient (Wildman–Crippen LogP) is 1.93. The second kappa shape index (κ2) is 5.45. The van der Waals surface area contributed by atoms with Crippen LogP contribution in [0.2, 0.25) is 0 Å². The molecule has 2 rings (SSSR count). The molecule has 6 heteroatoms. The van der Waals surface area contributed by atoms with Gasteiger partial charge >= 0.3 is 5.97 Å². The van der Waals surface area contributed by atoms with E-state index in [9.17, 15) is 4.79 Å². The maximum absolute atomic E-state index is 11.9. The number of likely N-dealkylation sites (N-methyl/N-ethyl adjacent to an activating group) is 1. The average Bonchev–Trinajstić information content (AvgIpc) is 2.59. The summed E-state index contributed by atoms with van der Waals surface area (Å²) in [5.74, 6) is -0.479. The van der Waals surface area contributed by atoms with Crippen molar-refractivity contribution in [1.29, 1.82) is 0 Å². The first kappa shape index (κ1) is 14.2. The summed E-state index contributed by atoms with van der Waals surface area (Å²) in [4.78, 5) is 11.9. The zero-order valence-electron chi connectivity index (χ0n) is 10.7. The number of esters is 1. The molecule has 1 N–H and O–H groups in total. The van der Waals surface area contributed by atoms with Gasteiger partial charge in [-0.2, -0.15) is 0 Å². The summed E-state index contributed by atoms with van der Waals surface area (Å²) in [5, 5.41) is 1.71. The van der Waals surface area contributed by atoms with E-state index >= 15 is 0 Å². The largest absolute Gasteiger partial charge is 0.465 e. The van der Waals surface area contributed by atoms with Crippen LogP contribution >= 0.6 is 24.2 Å².